The van der Waals surface area contributed by atoms with Gasteiger partial charge in [0, 0.05) is 25.7 Å². The van der Waals surface area contributed by atoms with Crippen LogP contribution in [0, 0.1) is 13.8 Å². The first kappa shape index (κ1) is 18.8. The van der Waals surface area contributed by atoms with Crippen molar-refractivity contribution >= 4 is 6.03 Å². The number of carbonyl (C=O) groups excluding carboxylic acids is 1. The van der Waals surface area contributed by atoms with E-state index in [-0.39, 0.29) is 6.03 Å². The molecular weight excluding hydrogens is 298 g/mol. The van der Waals surface area contributed by atoms with Crippen molar-refractivity contribution < 1.29 is 4.79 Å². The summed E-state index contributed by atoms with van der Waals surface area (Å²) in [5.74, 6) is 0. The Labute approximate surface area is 147 Å². The van der Waals surface area contributed by atoms with E-state index < -0.39 is 0 Å². The number of aryl methyl sites for hydroxylation is 2. The highest BCUT2D eigenvalue weighted by Crippen LogP contribution is 2.16. The molecule has 24 heavy (non-hydrogen) atoms. The molecule has 1 aliphatic heterocycles. The number of amides is 2. The normalized spacial score (nSPS) is 18.4. The summed E-state index contributed by atoms with van der Waals surface area (Å²) in [4.78, 5) is 14.4. The molecule has 134 valence electrons. The van der Waals surface area contributed by atoms with Crippen molar-refractivity contribution in [3.05, 3.63) is 34.9 Å². The third-order valence-corrected chi connectivity index (χ3v) is 5.03. The van der Waals surface area contributed by atoms with Crippen LogP contribution in [0.4, 0.5) is 4.79 Å². The van der Waals surface area contributed by atoms with Crippen LogP contribution in [0.15, 0.2) is 18.2 Å². The molecule has 0 radical (unpaired) electrons. The number of benzene rings is 1. The first-order chi connectivity index (χ1) is 11.6. The van der Waals surface area contributed by atoms with E-state index in [0.717, 1.165) is 25.9 Å². The predicted molar refractivity (Wildman–Crippen MR) is 101 cm³/mol. The van der Waals surface area contributed by atoms with Crippen LogP contribution in [0.2, 0.25) is 0 Å². The summed E-state index contributed by atoms with van der Waals surface area (Å²) in [5.41, 5.74) is 3.89. The summed E-state index contributed by atoms with van der Waals surface area (Å²) in [5, 5.41) is 5.93. The van der Waals surface area contributed by atoms with Crippen molar-refractivity contribution in [3.8, 4) is 0 Å². The molecule has 4 heteroatoms. The molecule has 2 rings (SSSR count). The molecule has 2 amide bonds. The number of carbonyl (C=O) groups is 1. The van der Waals surface area contributed by atoms with Crippen molar-refractivity contribution in [2.24, 2.45) is 0 Å². The first-order valence-corrected chi connectivity index (χ1v) is 9.38. The Hall–Kier alpha value is -1.55. The van der Waals surface area contributed by atoms with E-state index in [1.165, 1.54) is 42.5 Å². The first-order valence-electron chi connectivity index (χ1n) is 9.38. The van der Waals surface area contributed by atoms with Gasteiger partial charge in [0.05, 0.1) is 0 Å². The summed E-state index contributed by atoms with van der Waals surface area (Å²) in [6, 6.07) is 7.13. The van der Waals surface area contributed by atoms with Crippen LogP contribution in [0.3, 0.4) is 0 Å². The summed E-state index contributed by atoms with van der Waals surface area (Å²) >= 11 is 0. The van der Waals surface area contributed by atoms with Gasteiger partial charge in [-0.1, -0.05) is 30.2 Å². The number of rotatable bonds is 7. The molecule has 0 saturated carbocycles. The quantitative estimate of drug-likeness (QED) is 0.752. The molecule has 1 unspecified atom stereocenters. The molecule has 0 bridgehead atoms. The zero-order chi connectivity index (χ0) is 17.4. The Bertz CT molecular complexity index is 530. The topological polar surface area (TPSA) is 44.4 Å². The van der Waals surface area contributed by atoms with Crippen LogP contribution in [0.5, 0.6) is 0 Å². The highest BCUT2D eigenvalue weighted by molar-refractivity contribution is 5.73. The van der Waals surface area contributed by atoms with Crippen LogP contribution in [-0.2, 0) is 6.42 Å². The number of nitrogens with zero attached hydrogens (tertiary/aromatic N) is 1. The van der Waals surface area contributed by atoms with Crippen LogP contribution < -0.4 is 10.6 Å². The van der Waals surface area contributed by atoms with Gasteiger partial charge >= 0.3 is 6.03 Å². The van der Waals surface area contributed by atoms with Gasteiger partial charge in [-0.2, -0.15) is 0 Å². The van der Waals surface area contributed by atoms with Gasteiger partial charge in [-0.15, -0.1) is 0 Å². The third kappa shape index (κ3) is 6.16. The zero-order valence-corrected chi connectivity index (χ0v) is 15.5. The summed E-state index contributed by atoms with van der Waals surface area (Å²) in [6.07, 6.45) is 5.89. The van der Waals surface area contributed by atoms with Crippen molar-refractivity contribution in [2.45, 2.75) is 58.9 Å². The lowest BCUT2D eigenvalue weighted by molar-refractivity contribution is 0.159. The van der Waals surface area contributed by atoms with Crippen LogP contribution >= 0.6 is 0 Å². The van der Waals surface area contributed by atoms with E-state index in [2.05, 4.69) is 54.5 Å². The molecule has 0 aromatic heterocycles. The second kappa shape index (κ2) is 9.67. The summed E-state index contributed by atoms with van der Waals surface area (Å²) in [6.45, 7) is 10.3. The standard InChI is InChI=1S/C20H33N3O/c1-16-8-9-19(17(2)15-16)10-12-22-20(24)21-11-6-14-23-13-5-4-7-18(23)3/h8-9,15,18H,4-7,10-14H2,1-3H3,(H2,21,22,24). The average molecular weight is 332 g/mol. The SMILES string of the molecule is Cc1ccc(CCNC(=O)NCCCN2CCCCC2C)c(C)c1. The van der Waals surface area contributed by atoms with Gasteiger partial charge in [-0.3, -0.25) is 0 Å². The monoisotopic (exact) mass is 331 g/mol. The zero-order valence-electron chi connectivity index (χ0n) is 15.5. The maximum absolute atomic E-state index is 11.9. The average Bonchev–Trinajstić information content (AvgIpc) is 2.55. The Kier molecular flexibility index (Phi) is 7.57. The fourth-order valence-electron chi connectivity index (χ4n) is 3.47. The maximum Gasteiger partial charge on any atom is 0.314 e. The van der Waals surface area contributed by atoms with Crippen molar-refractivity contribution in [1.82, 2.24) is 15.5 Å². The number of hydrogen-bond acceptors (Lipinski definition) is 2. The van der Waals surface area contributed by atoms with Crippen LogP contribution in [0.1, 0.15) is 49.3 Å². The molecule has 0 aliphatic carbocycles. The number of piperidine rings is 1. The Morgan fingerprint density at radius 3 is 2.75 bits per heavy atom. The summed E-state index contributed by atoms with van der Waals surface area (Å²) in [7, 11) is 0. The molecule has 1 aliphatic rings. The lowest BCUT2D eigenvalue weighted by atomic mass is 10.0. The van der Waals surface area contributed by atoms with Gasteiger partial charge in [0.2, 0.25) is 0 Å². The van der Waals surface area contributed by atoms with E-state index in [0.29, 0.717) is 12.6 Å². The maximum atomic E-state index is 11.9. The van der Waals surface area contributed by atoms with E-state index in [4.69, 9.17) is 0 Å². The molecule has 1 aromatic rings. The minimum Gasteiger partial charge on any atom is -0.338 e. The highest BCUT2D eigenvalue weighted by atomic mass is 16.2. The lowest BCUT2D eigenvalue weighted by Gasteiger charge is -2.33. The molecule has 1 saturated heterocycles. The Morgan fingerprint density at radius 2 is 2.00 bits per heavy atom. The minimum atomic E-state index is -0.0496. The second-order valence-corrected chi connectivity index (χ2v) is 7.10. The van der Waals surface area contributed by atoms with Gasteiger partial charge in [0.15, 0.2) is 0 Å². The molecule has 4 nitrogen and oxygen atoms in total. The van der Waals surface area contributed by atoms with E-state index in [1.807, 2.05) is 0 Å². The van der Waals surface area contributed by atoms with E-state index in [1.54, 1.807) is 0 Å². The largest absolute Gasteiger partial charge is 0.338 e. The van der Waals surface area contributed by atoms with Gasteiger partial charge in [0.1, 0.15) is 0 Å². The molecule has 1 heterocycles. The number of hydrogen-bond donors (Lipinski definition) is 2. The Morgan fingerprint density at radius 1 is 1.21 bits per heavy atom. The molecule has 1 aromatic carbocycles. The van der Waals surface area contributed by atoms with Crippen molar-refractivity contribution in [1.29, 1.82) is 0 Å². The molecule has 2 N–H and O–H groups in total. The van der Waals surface area contributed by atoms with E-state index >= 15 is 0 Å². The highest BCUT2D eigenvalue weighted by Gasteiger charge is 2.17. The molecule has 0 spiro atoms. The number of nitrogens with one attached hydrogen (secondary N) is 2. The minimum absolute atomic E-state index is 0.0496. The molecule has 1 atom stereocenters. The van der Waals surface area contributed by atoms with Crippen molar-refractivity contribution in [3.63, 3.8) is 0 Å². The number of urea groups is 1. The molecular formula is C20H33N3O. The predicted octanol–water partition coefficient (Wildman–Crippen LogP) is 3.41. The van der Waals surface area contributed by atoms with Gasteiger partial charge in [-0.05, 0) is 64.1 Å². The smallest absolute Gasteiger partial charge is 0.314 e. The molecule has 1 fully saturated rings. The number of likely N-dealkylation sites (tertiary alicyclic amines) is 1. The van der Waals surface area contributed by atoms with Gasteiger partial charge in [-0.25, -0.2) is 4.79 Å². The fraction of sp³-hybridized carbons (Fsp3) is 0.650. The van der Waals surface area contributed by atoms with Crippen molar-refractivity contribution in [2.75, 3.05) is 26.2 Å². The third-order valence-electron chi connectivity index (χ3n) is 5.03. The van der Waals surface area contributed by atoms with Crippen LogP contribution in [0.25, 0.3) is 0 Å². The van der Waals surface area contributed by atoms with E-state index in [9.17, 15) is 4.79 Å². The lowest BCUT2D eigenvalue weighted by Crippen LogP contribution is -2.41. The van der Waals surface area contributed by atoms with Crippen LogP contribution in [-0.4, -0.2) is 43.2 Å². The van der Waals surface area contributed by atoms with Gasteiger partial charge < -0.3 is 15.5 Å². The second-order valence-electron chi connectivity index (χ2n) is 7.10. The van der Waals surface area contributed by atoms with Gasteiger partial charge in [0.25, 0.3) is 0 Å². The fourth-order valence-corrected chi connectivity index (χ4v) is 3.47. The Balaban J connectivity index is 1.56. The summed E-state index contributed by atoms with van der Waals surface area (Å²) < 4.78 is 0.